The molecule has 2 aliphatic heterocycles. The van der Waals surface area contributed by atoms with Gasteiger partial charge in [0.2, 0.25) is 5.91 Å². The molecule has 0 aliphatic carbocycles. The van der Waals surface area contributed by atoms with Crippen LogP contribution in [-0.2, 0) is 16.1 Å². The number of nitrogens with one attached hydrogen (secondary N) is 1. The molecule has 2 atom stereocenters. The fourth-order valence-electron chi connectivity index (χ4n) is 3.53. The third-order valence-corrected chi connectivity index (χ3v) is 5.03. The molecule has 0 aromatic heterocycles. The van der Waals surface area contributed by atoms with Crippen LogP contribution in [0.4, 0.5) is 0 Å². The van der Waals surface area contributed by atoms with Crippen molar-refractivity contribution in [1.29, 1.82) is 0 Å². The molecule has 2 heterocycles. The van der Waals surface area contributed by atoms with E-state index in [4.69, 9.17) is 9.47 Å². The predicted molar refractivity (Wildman–Crippen MR) is 97.6 cm³/mol. The second-order valence-electron chi connectivity index (χ2n) is 7.08. The second-order valence-corrected chi connectivity index (χ2v) is 7.08. The van der Waals surface area contributed by atoms with E-state index in [9.17, 15) is 4.79 Å². The minimum absolute atomic E-state index is 0.0329. The molecule has 138 valence electrons. The number of rotatable bonds is 7. The fraction of sp³-hybridized carbons (Fsp3) is 0.650. The molecule has 0 radical (unpaired) electrons. The number of hydrogen-bond donors (Lipinski definition) is 1. The minimum Gasteiger partial charge on any atom is -0.489 e. The van der Waals surface area contributed by atoms with Crippen LogP contribution in [0.2, 0.25) is 0 Å². The Labute approximate surface area is 150 Å². The van der Waals surface area contributed by atoms with E-state index in [1.807, 2.05) is 6.07 Å². The van der Waals surface area contributed by atoms with Gasteiger partial charge in [-0.2, -0.15) is 0 Å². The first-order chi connectivity index (χ1) is 12.3. The van der Waals surface area contributed by atoms with E-state index in [1.54, 1.807) is 0 Å². The van der Waals surface area contributed by atoms with Crippen LogP contribution < -0.4 is 10.1 Å². The molecule has 1 aromatic rings. The van der Waals surface area contributed by atoms with Gasteiger partial charge in [-0.05, 0) is 25.3 Å². The van der Waals surface area contributed by atoms with Gasteiger partial charge >= 0.3 is 0 Å². The highest BCUT2D eigenvalue weighted by atomic mass is 16.5. The summed E-state index contributed by atoms with van der Waals surface area (Å²) in [5.74, 6) is 1.18. The van der Waals surface area contributed by atoms with Crippen LogP contribution in [0.1, 0.15) is 38.2 Å². The van der Waals surface area contributed by atoms with Crippen LogP contribution in [0.5, 0.6) is 5.75 Å². The van der Waals surface area contributed by atoms with Crippen molar-refractivity contribution in [2.75, 3.05) is 32.8 Å². The number of nitrogens with zero attached hydrogens (tertiary/aromatic N) is 1. The zero-order chi connectivity index (χ0) is 17.5. The zero-order valence-corrected chi connectivity index (χ0v) is 15.2. The molecular formula is C20H30N2O3. The average Bonchev–Trinajstić information content (AvgIpc) is 3.09. The topological polar surface area (TPSA) is 50.8 Å². The SMILES string of the molecule is CCCCC1CN(CCNC(=O)C2CCOC2)Cc2ccccc2O1. The quantitative estimate of drug-likeness (QED) is 0.824. The van der Waals surface area contributed by atoms with E-state index in [0.29, 0.717) is 19.8 Å². The number of fused-ring (bicyclic) bond motifs is 1. The fourth-order valence-corrected chi connectivity index (χ4v) is 3.53. The zero-order valence-electron chi connectivity index (χ0n) is 15.2. The Morgan fingerprint density at radius 3 is 3.04 bits per heavy atom. The van der Waals surface area contributed by atoms with Crippen molar-refractivity contribution < 1.29 is 14.3 Å². The van der Waals surface area contributed by atoms with Gasteiger partial charge in [-0.25, -0.2) is 0 Å². The molecule has 1 fully saturated rings. The molecule has 25 heavy (non-hydrogen) atoms. The van der Waals surface area contributed by atoms with Gasteiger partial charge in [0.1, 0.15) is 11.9 Å². The number of unbranched alkanes of at least 4 members (excludes halogenated alkanes) is 1. The first-order valence-corrected chi connectivity index (χ1v) is 9.58. The smallest absolute Gasteiger partial charge is 0.225 e. The van der Waals surface area contributed by atoms with E-state index in [2.05, 4.69) is 35.3 Å². The summed E-state index contributed by atoms with van der Waals surface area (Å²) in [6, 6.07) is 8.31. The number of benzene rings is 1. The number of ether oxygens (including phenoxy) is 2. The van der Waals surface area contributed by atoms with Crippen molar-refractivity contribution >= 4 is 5.91 Å². The van der Waals surface area contributed by atoms with Crippen molar-refractivity contribution in [1.82, 2.24) is 10.2 Å². The van der Waals surface area contributed by atoms with Crippen LogP contribution in [0, 0.1) is 5.92 Å². The van der Waals surface area contributed by atoms with Crippen molar-refractivity contribution in [3.8, 4) is 5.75 Å². The van der Waals surface area contributed by atoms with Crippen LogP contribution >= 0.6 is 0 Å². The summed E-state index contributed by atoms with van der Waals surface area (Å²) < 4.78 is 11.5. The molecule has 0 bridgehead atoms. The molecule has 1 amide bonds. The lowest BCUT2D eigenvalue weighted by atomic mass is 10.1. The van der Waals surface area contributed by atoms with Crippen LogP contribution in [0.3, 0.4) is 0 Å². The standard InChI is InChI=1S/C20H30N2O3/c1-2-3-7-18-14-22(13-16-6-4-5-8-19(16)25-18)11-10-21-20(23)17-9-12-24-15-17/h4-6,8,17-18H,2-3,7,9-15H2,1H3,(H,21,23). The van der Waals surface area contributed by atoms with E-state index in [1.165, 1.54) is 18.4 Å². The highest BCUT2D eigenvalue weighted by Crippen LogP contribution is 2.26. The average molecular weight is 346 g/mol. The summed E-state index contributed by atoms with van der Waals surface area (Å²) in [6.07, 6.45) is 4.51. The Morgan fingerprint density at radius 2 is 2.24 bits per heavy atom. The van der Waals surface area contributed by atoms with Crippen LogP contribution in [0.25, 0.3) is 0 Å². The summed E-state index contributed by atoms with van der Waals surface area (Å²) >= 11 is 0. The predicted octanol–water partition coefficient (Wildman–Crippen LogP) is 2.59. The number of carbonyl (C=O) groups is 1. The summed E-state index contributed by atoms with van der Waals surface area (Å²) in [5.41, 5.74) is 1.23. The van der Waals surface area contributed by atoms with Crippen LogP contribution in [0.15, 0.2) is 24.3 Å². The maximum absolute atomic E-state index is 12.1. The molecular weight excluding hydrogens is 316 g/mol. The number of amides is 1. The highest BCUT2D eigenvalue weighted by molar-refractivity contribution is 5.78. The van der Waals surface area contributed by atoms with Crippen molar-refractivity contribution in [3.05, 3.63) is 29.8 Å². The van der Waals surface area contributed by atoms with Crippen molar-refractivity contribution in [3.63, 3.8) is 0 Å². The van der Waals surface area contributed by atoms with Gasteiger partial charge in [-0.1, -0.05) is 31.5 Å². The van der Waals surface area contributed by atoms with Gasteiger partial charge in [0.25, 0.3) is 0 Å². The summed E-state index contributed by atoms with van der Waals surface area (Å²) in [4.78, 5) is 14.5. The van der Waals surface area contributed by atoms with Gasteiger partial charge in [0.05, 0.1) is 12.5 Å². The normalized spacial score (nSPS) is 23.6. The first-order valence-electron chi connectivity index (χ1n) is 9.58. The molecule has 3 rings (SSSR count). The van der Waals surface area contributed by atoms with Crippen molar-refractivity contribution in [2.45, 2.75) is 45.3 Å². The number of para-hydroxylation sites is 1. The lowest BCUT2D eigenvalue weighted by Crippen LogP contribution is -2.40. The number of carbonyl (C=O) groups excluding carboxylic acids is 1. The van der Waals surface area contributed by atoms with Gasteiger partial charge in [0, 0.05) is 38.3 Å². The van der Waals surface area contributed by atoms with E-state index >= 15 is 0 Å². The van der Waals surface area contributed by atoms with E-state index in [0.717, 1.165) is 38.2 Å². The highest BCUT2D eigenvalue weighted by Gasteiger charge is 2.25. The Kier molecular flexibility index (Phi) is 6.70. The summed E-state index contributed by atoms with van der Waals surface area (Å²) in [7, 11) is 0. The first kappa shape index (κ1) is 18.2. The molecule has 1 aromatic carbocycles. The molecule has 5 heteroatoms. The Hall–Kier alpha value is -1.59. The van der Waals surface area contributed by atoms with Gasteiger partial charge in [-0.15, -0.1) is 0 Å². The summed E-state index contributed by atoms with van der Waals surface area (Å²) in [5, 5.41) is 3.07. The van der Waals surface area contributed by atoms with Gasteiger partial charge < -0.3 is 14.8 Å². The molecule has 1 saturated heterocycles. The van der Waals surface area contributed by atoms with Crippen molar-refractivity contribution in [2.24, 2.45) is 5.92 Å². The van der Waals surface area contributed by atoms with Gasteiger partial charge in [0.15, 0.2) is 0 Å². The summed E-state index contributed by atoms with van der Waals surface area (Å²) in [6.45, 7) is 6.80. The molecule has 0 spiro atoms. The third kappa shape index (κ3) is 5.19. The number of hydrogen-bond acceptors (Lipinski definition) is 4. The molecule has 2 aliphatic rings. The molecule has 1 N–H and O–H groups in total. The molecule has 2 unspecified atom stereocenters. The molecule has 0 saturated carbocycles. The van der Waals surface area contributed by atoms with Crippen LogP contribution in [-0.4, -0.2) is 49.8 Å². The Morgan fingerprint density at radius 1 is 1.36 bits per heavy atom. The Bertz CT molecular complexity index is 558. The minimum atomic E-state index is 0.0329. The largest absolute Gasteiger partial charge is 0.489 e. The maximum atomic E-state index is 12.1. The maximum Gasteiger partial charge on any atom is 0.225 e. The second kappa shape index (κ2) is 9.20. The molecule has 5 nitrogen and oxygen atoms in total. The van der Waals surface area contributed by atoms with E-state index < -0.39 is 0 Å². The van der Waals surface area contributed by atoms with E-state index in [-0.39, 0.29) is 17.9 Å². The monoisotopic (exact) mass is 346 g/mol. The lowest BCUT2D eigenvalue weighted by molar-refractivity contribution is -0.125. The lowest BCUT2D eigenvalue weighted by Gasteiger charge is -2.24. The van der Waals surface area contributed by atoms with Gasteiger partial charge in [-0.3, -0.25) is 9.69 Å². The Balaban J connectivity index is 1.54. The third-order valence-electron chi connectivity index (χ3n) is 5.03.